The largest absolute Gasteiger partial charge is 0.295 e. The van der Waals surface area contributed by atoms with Gasteiger partial charge in [0.1, 0.15) is 0 Å². The molecule has 1 aliphatic rings. The minimum atomic E-state index is 0.142. The van der Waals surface area contributed by atoms with Crippen LogP contribution in [-0.2, 0) is 4.79 Å². The molecule has 0 N–H and O–H groups in total. The lowest BCUT2D eigenvalue weighted by Crippen LogP contribution is -1.89. The Labute approximate surface area is 80.5 Å². The summed E-state index contributed by atoms with van der Waals surface area (Å²) in [6, 6.07) is 0. The van der Waals surface area contributed by atoms with E-state index >= 15 is 0 Å². The highest BCUT2D eigenvalue weighted by Crippen LogP contribution is 2.17. The molecule has 0 saturated carbocycles. The van der Waals surface area contributed by atoms with Gasteiger partial charge in [-0.3, -0.25) is 4.79 Å². The zero-order valence-corrected chi connectivity index (χ0v) is 8.38. The van der Waals surface area contributed by atoms with E-state index in [2.05, 4.69) is 6.08 Å². The molecule has 0 aromatic rings. The number of hydrogen-bond donors (Lipinski definition) is 0. The summed E-state index contributed by atoms with van der Waals surface area (Å²) in [6.07, 6.45) is 13.5. The Morgan fingerprint density at radius 2 is 2.08 bits per heavy atom. The summed E-state index contributed by atoms with van der Waals surface area (Å²) in [5, 5.41) is 0. The molecule has 1 aliphatic carbocycles. The van der Waals surface area contributed by atoms with Crippen molar-refractivity contribution in [2.45, 2.75) is 45.4 Å². The van der Waals surface area contributed by atoms with Gasteiger partial charge < -0.3 is 0 Å². The lowest BCUT2D eigenvalue weighted by atomic mass is 9.99. The van der Waals surface area contributed by atoms with Crippen LogP contribution in [0.25, 0.3) is 0 Å². The number of allylic oxidation sites excluding steroid dienone is 4. The highest BCUT2D eigenvalue weighted by Gasteiger charge is 1.98. The van der Waals surface area contributed by atoms with Crippen molar-refractivity contribution < 1.29 is 4.79 Å². The monoisotopic (exact) mass is 178 g/mol. The molecule has 0 bridgehead atoms. The van der Waals surface area contributed by atoms with Crippen molar-refractivity contribution in [2.75, 3.05) is 0 Å². The number of rotatable bonds is 2. The van der Waals surface area contributed by atoms with Crippen molar-refractivity contribution >= 4 is 5.78 Å². The third-order valence-electron chi connectivity index (χ3n) is 2.36. The van der Waals surface area contributed by atoms with Gasteiger partial charge in [-0.15, -0.1) is 0 Å². The number of carbonyl (C=O) groups is 1. The predicted octanol–water partition coefficient (Wildman–Crippen LogP) is 3.41. The summed E-state index contributed by atoms with van der Waals surface area (Å²) in [7, 11) is 0. The van der Waals surface area contributed by atoms with Gasteiger partial charge in [-0.25, -0.2) is 0 Å². The normalized spacial score (nSPS) is 23.3. The zero-order valence-electron chi connectivity index (χ0n) is 8.38. The van der Waals surface area contributed by atoms with E-state index < -0.39 is 0 Å². The van der Waals surface area contributed by atoms with E-state index in [9.17, 15) is 4.79 Å². The van der Waals surface area contributed by atoms with Crippen molar-refractivity contribution in [3.05, 3.63) is 23.8 Å². The first-order chi connectivity index (χ1) is 6.29. The molecule has 1 heteroatoms. The Morgan fingerprint density at radius 1 is 1.31 bits per heavy atom. The topological polar surface area (TPSA) is 17.1 Å². The maximum absolute atomic E-state index is 10.7. The molecule has 0 heterocycles. The van der Waals surface area contributed by atoms with Gasteiger partial charge in [-0.05, 0) is 38.7 Å². The Morgan fingerprint density at radius 3 is 2.85 bits per heavy atom. The number of hydrogen-bond acceptors (Lipinski definition) is 1. The zero-order chi connectivity index (χ0) is 9.52. The second kappa shape index (κ2) is 5.74. The van der Waals surface area contributed by atoms with Crippen molar-refractivity contribution in [2.24, 2.45) is 0 Å². The summed E-state index contributed by atoms with van der Waals surface area (Å²) in [4.78, 5) is 10.7. The van der Waals surface area contributed by atoms with Crippen LogP contribution >= 0.6 is 0 Å². The van der Waals surface area contributed by atoms with Crippen LogP contribution in [0.15, 0.2) is 23.8 Å². The van der Waals surface area contributed by atoms with Gasteiger partial charge in [0.2, 0.25) is 0 Å². The quantitative estimate of drug-likeness (QED) is 0.592. The van der Waals surface area contributed by atoms with E-state index in [0.717, 1.165) is 6.42 Å². The van der Waals surface area contributed by atoms with Gasteiger partial charge in [0, 0.05) is 0 Å². The molecule has 0 aliphatic heterocycles. The standard InChI is InChI=1S/C12H18O/c1-11(13)9-10-12-7-5-3-2-4-6-8-12/h7,9-10H,2-6,8H2,1H3/b10-9+,12-7+. The maximum atomic E-state index is 10.7. The molecule has 1 rings (SSSR count). The second-order valence-corrected chi connectivity index (χ2v) is 3.68. The molecule has 0 amide bonds. The van der Waals surface area contributed by atoms with Crippen molar-refractivity contribution in [1.29, 1.82) is 0 Å². The SMILES string of the molecule is CC(=O)/C=C/C1=C/CCCCCC1. The summed E-state index contributed by atoms with van der Waals surface area (Å²) in [5.41, 5.74) is 1.34. The van der Waals surface area contributed by atoms with Crippen LogP contribution in [0.1, 0.15) is 45.4 Å². The van der Waals surface area contributed by atoms with Gasteiger partial charge >= 0.3 is 0 Å². The Hall–Kier alpha value is -0.850. The molecular weight excluding hydrogens is 160 g/mol. The fourth-order valence-electron chi connectivity index (χ4n) is 1.59. The molecule has 13 heavy (non-hydrogen) atoms. The predicted molar refractivity (Wildman–Crippen MR) is 55.6 cm³/mol. The highest BCUT2D eigenvalue weighted by molar-refractivity contribution is 5.87. The van der Waals surface area contributed by atoms with Crippen LogP contribution in [0, 0.1) is 0 Å². The minimum absolute atomic E-state index is 0.142. The molecule has 0 spiro atoms. The molecule has 0 aromatic carbocycles. The molecule has 72 valence electrons. The molecule has 0 aromatic heterocycles. The Balaban J connectivity index is 2.49. The summed E-state index contributed by atoms with van der Waals surface area (Å²) < 4.78 is 0. The molecule has 0 saturated heterocycles. The third kappa shape index (κ3) is 4.66. The van der Waals surface area contributed by atoms with Gasteiger partial charge in [0.25, 0.3) is 0 Å². The van der Waals surface area contributed by atoms with Crippen molar-refractivity contribution in [1.82, 2.24) is 0 Å². The van der Waals surface area contributed by atoms with Gasteiger partial charge in [-0.1, -0.05) is 30.6 Å². The molecule has 1 nitrogen and oxygen atoms in total. The van der Waals surface area contributed by atoms with Crippen molar-refractivity contribution in [3.8, 4) is 0 Å². The van der Waals surface area contributed by atoms with Crippen molar-refractivity contribution in [3.63, 3.8) is 0 Å². The highest BCUT2D eigenvalue weighted by atomic mass is 16.1. The lowest BCUT2D eigenvalue weighted by molar-refractivity contribution is -0.112. The lowest BCUT2D eigenvalue weighted by Gasteiger charge is -2.07. The van der Waals surface area contributed by atoms with Gasteiger partial charge in [0.15, 0.2) is 5.78 Å². The first-order valence-corrected chi connectivity index (χ1v) is 5.17. The van der Waals surface area contributed by atoms with E-state index in [0.29, 0.717) is 0 Å². The van der Waals surface area contributed by atoms with Crippen LogP contribution in [0.2, 0.25) is 0 Å². The van der Waals surface area contributed by atoms with E-state index in [4.69, 9.17) is 0 Å². The van der Waals surface area contributed by atoms with Gasteiger partial charge in [-0.2, -0.15) is 0 Å². The first-order valence-electron chi connectivity index (χ1n) is 5.17. The molecule has 0 fully saturated rings. The van der Waals surface area contributed by atoms with E-state index in [1.807, 2.05) is 6.08 Å². The van der Waals surface area contributed by atoms with Crippen LogP contribution < -0.4 is 0 Å². The van der Waals surface area contributed by atoms with Crippen LogP contribution in [0.4, 0.5) is 0 Å². The van der Waals surface area contributed by atoms with E-state index in [1.165, 1.54) is 37.7 Å². The minimum Gasteiger partial charge on any atom is -0.295 e. The molecular formula is C12H18O. The average Bonchev–Trinajstić information content (AvgIpc) is 2.01. The van der Waals surface area contributed by atoms with Crippen LogP contribution in [0.3, 0.4) is 0 Å². The number of carbonyl (C=O) groups excluding carboxylic acids is 1. The van der Waals surface area contributed by atoms with E-state index in [1.54, 1.807) is 13.0 Å². The Bertz CT molecular complexity index is 223. The number of ketones is 1. The summed E-state index contributed by atoms with van der Waals surface area (Å²) >= 11 is 0. The average molecular weight is 178 g/mol. The van der Waals surface area contributed by atoms with Crippen LogP contribution in [-0.4, -0.2) is 5.78 Å². The summed E-state index contributed by atoms with van der Waals surface area (Å²) in [5.74, 6) is 0.142. The van der Waals surface area contributed by atoms with E-state index in [-0.39, 0.29) is 5.78 Å². The first kappa shape index (κ1) is 10.2. The fourth-order valence-corrected chi connectivity index (χ4v) is 1.59. The van der Waals surface area contributed by atoms with Gasteiger partial charge in [0.05, 0.1) is 0 Å². The Kier molecular flexibility index (Phi) is 4.52. The molecule has 0 radical (unpaired) electrons. The fraction of sp³-hybridized carbons (Fsp3) is 0.583. The smallest absolute Gasteiger partial charge is 0.152 e. The molecule has 0 atom stereocenters. The third-order valence-corrected chi connectivity index (χ3v) is 2.36. The second-order valence-electron chi connectivity index (χ2n) is 3.68. The maximum Gasteiger partial charge on any atom is 0.152 e. The van der Waals surface area contributed by atoms with Crippen LogP contribution in [0.5, 0.6) is 0 Å². The molecule has 0 unspecified atom stereocenters. The summed E-state index contributed by atoms with van der Waals surface area (Å²) in [6.45, 7) is 1.60.